The van der Waals surface area contributed by atoms with E-state index in [1.165, 1.54) is 17.8 Å². The highest BCUT2D eigenvalue weighted by Gasteiger charge is 2.19. The second-order valence-electron chi connectivity index (χ2n) is 6.54. The number of halogens is 1. The van der Waals surface area contributed by atoms with Crippen molar-refractivity contribution in [2.24, 2.45) is 0 Å². The minimum Gasteiger partial charge on any atom is -0.494 e. The molecule has 1 aromatic heterocycles. The number of carbonyl (C=O) groups excluding carboxylic acids is 1. The van der Waals surface area contributed by atoms with Gasteiger partial charge in [0.1, 0.15) is 11.6 Å². The van der Waals surface area contributed by atoms with E-state index in [4.69, 9.17) is 4.74 Å². The van der Waals surface area contributed by atoms with Crippen molar-refractivity contribution in [3.8, 4) is 22.8 Å². The molecule has 3 aromatic rings. The minimum absolute atomic E-state index is 0.0841. The average molecular weight is 429 g/mol. The van der Waals surface area contributed by atoms with Crippen molar-refractivity contribution in [2.75, 3.05) is 18.9 Å². The molecule has 8 heteroatoms. The maximum Gasteiger partial charge on any atom is 0.230 e. The van der Waals surface area contributed by atoms with Crippen LogP contribution in [0.25, 0.3) is 17.1 Å². The van der Waals surface area contributed by atoms with E-state index >= 15 is 0 Å². The van der Waals surface area contributed by atoms with E-state index in [9.17, 15) is 9.18 Å². The number of nitrogens with one attached hydrogen (secondary N) is 1. The number of hydrogen-bond acceptors (Lipinski definition) is 5. The number of carbonyl (C=O) groups is 1. The van der Waals surface area contributed by atoms with Gasteiger partial charge in [-0.2, -0.15) is 0 Å². The summed E-state index contributed by atoms with van der Waals surface area (Å²) >= 11 is 1.23. The van der Waals surface area contributed by atoms with Crippen molar-refractivity contribution in [1.29, 1.82) is 0 Å². The Morgan fingerprint density at radius 3 is 2.60 bits per heavy atom. The largest absolute Gasteiger partial charge is 0.494 e. The smallest absolute Gasteiger partial charge is 0.230 e. The first-order valence-corrected chi connectivity index (χ1v) is 11.0. The summed E-state index contributed by atoms with van der Waals surface area (Å²) < 4.78 is 21.8. The first kappa shape index (κ1) is 21.8. The molecule has 0 spiro atoms. The van der Waals surface area contributed by atoms with Gasteiger partial charge in [-0.15, -0.1) is 10.2 Å². The van der Waals surface area contributed by atoms with Crippen LogP contribution in [-0.2, 0) is 4.79 Å². The lowest BCUT2D eigenvalue weighted by molar-refractivity contribution is -0.118. The van der Waals surface area contributed by atoms with Gasteiger partial charge >= 0.3 is 0 Å². The van der Waals surface area contributed by atoms with Gasteiger partial charge in [0.05, 0.1) is 18.0 Å². The van der Waals surface area contributed by atoms with Crippen LogP contribution in [0.3, 0.4) is 0 Å². The van der Waals surface area contributed by atoms with E-state index in [0.717, 1.165) is 24.2 Å². The third-order valence-electron chi connectivity index (χ3n) is 4.34. The molecule has 1 heterocycles. The number of hydrogen-bond donors (Lipinski definition) is 1. The lowest BCUT2D eigenvalue weighted by Crippen LogP contribution is -2.26. The molecule has 158 valence electrons. The fraction of sp³-hybridized carbons (Fsp3) is 0.318. The highest BCUT2D eigenvalue weighted by molar-refractivity contribution is 7.99. The van der Waals surface area contributed by atoms with E-state index in [-0.39, 0.29) is 11.7 Å². The SMILES string of the molecule is CCCCNC(=O)CSc1nnc(-c2ccc(OCC)cc2)n1-c1ccccc1F. The molecule has 1 amide bonds. The zero-order valence-electron chi connectivity index (χ0n) is 17.1. The Kier molecular flexibility index (Phi) is 7.84. The van der Waals surface area contributed by atoms with Crippen molar-refractivity contribution in [3.05, 3.63) is 54.3 Å². The third-order valence-corrected chi connectivity index (χ3v) is 5.26. The quantitative estimate of drug-likeness (QED) is 0.381. The molecule has 0 aliphatic heterocycles. The van der Waals surface area contributed by atoms with Crippen molar-refractivity contribution in [1.82, 2.24) is 20.1 Å². The van der Waals surface area contributed by atoms with Crippen LogP contribution in [0, 0.1) is 5.82 Å². The number of thioether (sulfide) groups is 1. The Balaban J connectivity index is 1.90. The number of unbranched alkanes of at least 4 members (excludes halogenated alkanes) is 1. The van der Waals surface area contributed by atoms with E-state index in [2.05, 4.69) is 22.4 Å². The van der Waals surface area contributed by atoms with Crippen molar-refractivity contribution in [3.63, 3.8) is 0 Å². The molecule has 3 rings (SSSR count). The van der Waals surface area contributed by atoms with Crippen LogP contribution in [0.1, 0.15) is 26.7 Å². The number of benzene rings is 2. The van der Waals surface area contributed by atoms with Crippen LogP contribution >= 0.6 is 11.8 Å². The summed E-state index contributed by atoms with van der Waals surface area (Å²) in [7, 11) is 0. The number of para-hydroxylation sites is 1. The predicted octanol–water partition coefficient (Wildman–Crippen LogP) is 4.48. The molecule has 0 unspecified atom stereocenters. The summed E-state index contributed by atoms with van der Waals surface area (Å²) in [5, 5.41) is 11.9. The fourth-order valence-electron chi connectivity index (χ4n) is 2.85. The fourth-order valence-corrected chi connectivity index (χ4v) is 3.63. The Hall–Kier alpha value is -2.87. The molecular formula is C22H25FN4O2S. The summed E-state index contributed by atoms with van der Waals surface area (Å²) in [5.74, 6) is 0.950. The molecule has 0 fully saturated rings. The van der Waals surface area contributed by atoms with Crippen LogP contribution < -0.4 is 10.1 Å². The Labute approximate surface area is 179 Å². The lowest BCUT2D eigenvalue weighted by Gasteiger charge is -2.12. The number of rotatable bonds is 10. The first-order valence-electron chi connectivity index (χ1n) is 9.97. The van der Waals surface area contributed by atoms with Gasteiger partial charge in [-0.25, -0.2) is 4.39 Å². The first-order chi connectivity index (χ1) is 14.6. The molecule has 0 saturated carbocycles. The normalized spacial score (nSPS) is 10.8. The summed E-state index contributed by atoms with van der Waals surface area (Å²) in [6.45, 7) is 5.21. The Morgan fingerprint density at radius 2 is 1.90 bits per heavy atom. The zero-order chi connectivity index (χ0) is 21.3. The number of amides is 1. The standard InChI is InChI=1S/C22H25FN4O2S/c1-3-5-14-24-20(28)15-30-22-26-25-21(16-10-12-17(13-11-16)29-4-2)27(22)19-9-7-6-8-18(19)23/h6-13H,3-5,14-15H2,1-2H3,(H,24,28). The van der Waals surface area contributed by atoms with E-state index in [0.29, 0.717) is 29.8 Å². The summed E-state index contributed by atoms with van der Waals surface area (Å²) in [5.41, 5.74) is 1.11. The highest BCUT2D eigenvalue weighted by atomic mass is 32.2. The molecule has 30 heavy (non-hydrogen) atoms. The van der Waals surface area contributed by atoms with Gasteiger partial charge in [-0.3, -0.25) is 9.36 Å². The van der Waals surface area contributed by atoms with Gasteiger partial charge < -0.3 is 10.1 Å². The van der Waals surface area contributed by atoms with Gasteiger partial charge in [0, 0.05) is 12.1 Å². The monoisotopic (exact) mass is 428 g/mol. The molecule has 1 N–H and O–H groups in total. The maximum atomic E-state index is 14.6. The molecule has 0 aliphatic rings. The van der Waals surface area contributed by atoms with Crippen LogP contribution in [-0.4, -0.2) is 39.6 Å². The van der Waals surface area contributed by atoms with Gasteiger partial charge in [0.25, 0.3) is 0 Å². The zero-order valence-corrected chi connectivity index (χ0v) is 17.9. The van der Waals surface area contributed by atoms with Crippen LogP contribution in [0.4, 0.5) is 4.39 Å². The van der Waals surface area contributed by atoms with Gasteiger partial charge in [-0.05, 0) is 49.7 Å². The van der Waals surface area contributed by atoms with Crippen LogP contribution in [0.5, 0.6) is 5.75 Å². The third kappa shape index (κ3) is 5.38. The number of aromatic nitrogens is 3. The Bertz CT molecular complexity index is 976. The summed E-state index contributed by atoms with van der Waals surface area (Å²) in [6.07, 6.45) is 1.95. The van der Waals surface area contributed by atoms with E-state index in [1.54, 1.807) is 22.8 Å². The second kappa shape index (κ2) is 10.8. The van der Waals surface area contributed by atoms with E-state index in [1.807, 2.05) is 31.2 Å². The lowest BCUT2D eigenvalue weighted by atomic mass is 10.2. The molecule has 6 nitrogen and oxygen atoms in total. The molecule has 0 radical (unpaired) electrons. The van der Waals surface area contributed by atoms with E-state index < -0.39 is 5.82 Å². The average Bonchev–Trinajstić information content (AvgIpc) is 3.17. The molecule has 0 bridgehead atoms. The van der Waals surface area contributed by atoms with Crippen molar-refractivity contribution in [2.45, 2.75) is 31.8 Å². The van der Waals surface area contributed by atoms with Crippen LogP contribution in [0.2, 0.25) is 0 Å². The molecule has 2 aromatic carbocycles. The topological polar surface area (TPSA) is 69.0 Å². The number of nitrogens with zero attached hydrogens (tertiary/aromatic N) is 3. The molecule has 0 aliphatic carbocycles. The number of ether oxygens (including phenoxy) is 1. The summed E-state index contributed by atoms with van der Waals surface area (Å²) in [4.78, 5) is 12.1. The van der Waals surface area contributed by atoms with Crippen LogP contribution in [0.15, 0.2) is 53.7 Å². The molecular weight excluding hydrogens is 403 g/mol. The van der Waals surface area contributed by atoms with Gasteiger partial charge in [-0.1, -0.05) is 37.2 Å². The molecule has 0 saturated heterocycles. The molecule has 0 atom stereocenters. The van der Waals surface area contributed by atoms with Crippen molar-refractivity contribution >= 4 is 17.7 Å². The van der Waals surface area contributed by atoms with Gasteiger partial charge in [0.2, 0.25) is 5.91 Å². The second-order valence-corrected chi connectivity index (χ2v) is 7.49. The van der Waals surface area contributed by atoms with Crippen molar-refractivity contribution < 1.29 is 13.9 Å². The predicted molar refractivity (Wildman–Crippen MR) is 117 cm³/mol. The minimum atomic E-state index is -0.390. The highest BCUT2D eigenvalue weighted by Crippen LogP contribution is 2.30. The van der Waals surface area contributed by atoms with Gasteiger partial charge in [0.15, 0.2) is 11.0 Å². The Morgan fingerprint density at radius 1 is 1.13 bits per heavy atom. The maximum absolute atomic E-state index is 14.6. The summed E-state index contributed by atoms with van der Waals surface area (Å²) in [6, 6.07) is 13.8.